The topological polar surface area (TPSA) is 109 Å². The van der Waals surface area contributed by atoms with E-state index in [2.05, 4.69) is 20.3 Å². The van der Waals surface area contributed by atoms with Crippen LogP contribution in [0.3, 0.4) is 0 Å². The van der Waals surface area contributed by atoms with Gasteiger partial charge >= 0.3 is 12.1 Å². The molecule has 4 aromatic rings. The molecule has 38 heavy (non-hydrogen) atoms. The second-order valence-electron chi connectivity index (χ2n) is 8.62. The largest absolute Gasteiger partial charge is 0.490 e. The summed E-state index contributed by atoms with van der Waals surface area (Å²) in [5.74, 6) is -3.07. The van der Waals surface area contributed by atoms with E-state index in [-0.39, 0.29) is 17.8 Å². The third-order valence-corrected chi connectivity index (χ3v) is 6.13. The molecule has 1 N–H and O–H groups in total. The highest BCUT2D eigenvalue weighted by Crippen LogP contribution is 2.28. The van der Waals surface area contributed by atoms with Crippen LogP contribution in [0.1, 0.15) is 22.2 Å². The van der Waals surface area contributed by atoms with Crippen molar-refractivity contribution in [2.24, 2.45) is 7.05 Å². The van der Waals surface area contributed by atoms with Gasteiger partial charge in [-0.05, 0) is 36.9 Å². The van der Waals surface area contributed by atoms with E-state index < -0.39 is 12.1 Å². The number of carbonyl (C=O) groups excluding carboxylic acids is 1. The first-order valence-electron chi connectivity index (χ1n) is 11.3. The first kappa shape index (κ1) is 26.7. The Morgan fingerprint density at radius 1 is 1.05 bits per heavy atom. The van der Waals surface area contributed by atoms with Crippen LogP contribution >= 0.6 is 0 Å². The molecule has 1 aliphatic rings. The van der Waals surface area contributed by atoms with Crippen molar-refractivity contribution in [1.82, 2.24) is 34.4 Å². The van der Waals surface area contributed by atoms with Gasteiger partial charge < -0.3 is 10.0 Å². The lowest BCUT2D eigenvalue weighted by Gasteiger charge is -2.38. The maximum absolute atomic E-state index is 13.6. The van der Waals surface area contributed by atoms with Gasteiger partial charge in [0.25, 0.3) is 5.91 Å². The fourth-order valence-electron chi connectivity index (χ4n) is 4.09. The molecule has 1 aromatic carbocycles. The van der Waals surface area contributed by atoms with E-state index in [0.29, 0.717) is 18.8 Å². The number of pyridine rings is 1. The van der Waals surface area contributed by atoms with Gasteiger partial charge in [0, 0.05) is 44.6 Å². The second kappa shape index (κ2) is 10.6. The molecule has 10 nitrogen and oxygen atoms in total. The maximum atomic E-state index is 13.6. The lowest BCUT2D eigenvalue weighted by atomic mass is 10.1. The van der Waals surface area contributed by atoms with E-state index >= 15 is 0 Å². The minimum absolute atomic E-state index is 0.0389. The van der Waals surface area contributed by atoms with Gasteiger partial charge in [0.2, 0.25) is 0 Å². The van der Waals surface area contributed by atoms with E-state index in [9.17, 15) is 22.4 Å². The monoisotopic (exact) mass is 533 g/mol. The molecule has 1 aliphatic heterocycles. The second-order valence-corrected chi connectivity index (χ2v) is 8.62. The number of alkyl halides is 3. The molecule has 1 fully saturated rings. The number of rotatable bonds is 3. The molecule has 0 radical (unpaired) electrons. The molecule has 1 atom stereocenters. The van der Waals surface area contributed by atoms with Gasteiger partial charge in [0.15, 0.2) is 0 Å². The fourth-order valence-corrected chi connectivity index (χ4v) is 4.09. The Morgan fingerprint density at radius 3 is 2.42 bits per heavy atom. The highest BCUT2D eigenvalue weighted by atomic mass is 19.4. The predicted octanol–water partition coefficient (Wildman–Crippen LogP) is 3.03. The van der Waals surface area contributed by atoms with E-state index in [0.717, 1.165) is 28.9 Å². The lowest BCUT2D eigenvalue weighted by molar-refractivity contribution is -0.192. The zero-order chi connectivity index (χ0) is 27.6. The van der Waals surface area contributed by atoms with Crippen molar-refractivity contribution in [3.8, 4) is 11.1 Å². The summed E-state index contributed by atoms with van der Waals surface area (Å²) in [4.78, 5) is 25.9. The lowest BCUT2D eigenvalue weighted by Crippen LogP contribution is -2.49. The third kappa shape index (κ3) is 5.64. The van der Waals surface area contributed by atoms with Crippen molar-refractivity contribution < 1.29 is 32.3 Å². The average molecular weight is 533 g/mol. The van der Waals surface area contributed by atoms with Crippen LogP contribution in [0.15, 0.2) is 54.9 Å². The number of piperazine rings is 1. The molecule has 0 saturated carbocycles. The SMILES string of the molecule is CN1CCN(C(=O)c2ccnn2C)CC1c1nnn2cc(-c3cccc(F)c3)ccc12.O=C(O)C(F)(F)F. The van der Waals surface area contributed by atoms with Crippen molar-refractivity contribution in [2.45, 2.75) is 12.2 Å². The molecular weight excluding hydrogens is 510 g/mol. The first-order chi connectivity index (χ1) is 18.0. The minimum atomic E-state index is -5.08. The van der Waals surface area contributed by atoms with Gasteiger partial charge in [0.1, 0.15) is 17.2 Å². The zero-order valence-corrected chi connectivity index (χ0v) is 20.3. The summed E-state index contributed by atoms with van der Waals surface area (Å²) in [5.41, 5.74) is 3.88. The number of benzene rings is 1. The summed E-state index contributed by atoms with van der Waals surface area (Å²) < 4.78 is 48.7. The van der Waals surface area contributed by atoms with Crippen LogP contribution in [-0.4, -0.2) is 84.2 Å². The standard InChI is InChI=1S/C22H22FN7O.C2HF3O2/c1-27-10-11-29(22(31)19-8-9-24-28(19)2)14-20(27)21-18-7-6-16(13-30(18)26-25-21)15-4-3-5-17(23)12-15;3-2(4,5)1(6)7/h3-9,12-13,20H,10-11,14H2,1-2H3;(H,6,7). The number of halogens is 4. The smallest absolute Gasteiger partial charge is 0.475 e. The van der Waals surface area contributed by atoms with Crippen LogP contribution in [0.2, 0.25) is 0 Å². The molecule has 1 unspecified atom stereocenters. The number of carboxylic acids is 1. The van der Waals surface area contributed by atoms with E-state index in [4.69, 9.17) is 9.90 Å². The van der Waals surface area contributed by atoms with Crippen molar-refractivity contribution in [1.29, 1.82) is 0 Å². The number of carboxylic acid groups (broad SMARTS) is 1. The van der Waals surface area contributed by atoms with Crippen LogP contribution in [0, 0.1) is 5.82 Å². The van der Waals surface area contributed by atoms with Crippen molar-refractivity contribution in [3.63, 3.8) is 0 Å². The van der Waals surface area contributed by atoms with Crippen LogP contribution < -0.4 is 0 Å². The van der Waals surface area contributed by atoms with Crippen molar-refractivity contribution in [2.75, 3.05) is 26.7 Å². The van der Waals surface area contributed by atoms with Crippen molar-refractivity contribution in [3.05, 3.63) is 72.1 Å². The van der Waals surface area contributed by atoms with Gasteiger partial charge in [-0.25, -0.2) is 13.7 Å². The molecule has 4 heterocycles. The fraction of sp³-hybridized carbons (Fsp3) is 0.292. The average Bonchev–Trinajstić information content (AvgIpc) is 3.49. The molecule has 14 heteroatoms. The minimum Gasteiger partial charge on any atom is -0.475 e. The number of amides is 1. The Kier molecular flexibility index (Phi) is 7.44. The van der Waals surface area contributed by atoms with Crippen LogP contribution in [0.4, 0.5) is 17.6 Å². The molecule has 1 saturated heterocycles. The highest BCUT2D eigenvalue weighted by molar-refractivity contribution is 5.92. The number of nitrogens with zero attached hydrogens (tertiary/aromatic N) is 7. The Balaban J connectivity index is 0.000000426. The zero-order valence-electron chi connectivity index (χ0n) is 20.3. The molecule has 200 valence electrons. The summed E-state index contributed by atoms with van der Waals surface area (Å²) in [6.07, 6.45) is -1.61. The number of aromatic nitrogens is 5. The van der Waals surface area contributed by atoms with Gasteiger partial charge in [-0.1, -0.05) is 23.4 Å². The van der Waals surface area contributed by atoms with Crippen LogP contribution in [0.25, 0.3) is 16.6 Å². The van der Waals surface area contributed by atoms with Crippen LogP contribution in [0.5, 0.6) is 0 Å². The number of aryl methyl sites for hydroxylation is 1. The number of carbonyl (C=O) groups is 2. The normalized spacial score (nSPS) is 16.3. The Morgan fingerprint density at radius 2 is 1.79 bits per heavy atom. The van der Waals surface area contributed by atoms with E-state index in [1.807, 2.05) is 36.3 Å². The maximum Gasteiger partial charge on any atom is 0.490 e. The molecule has 0 aliphatic carbocycles. The first-order valence-corrected chi connectivity index (χ1v) is 11.3. The Labute approximate surface area is 213 Å². The molecule has 5 rings (SSSR count). The van der Waals surface area contributed by atoms with E-state index in [1.54, 1.807) is 34.6 Å². The quantitative estimate of drug-likeness (QED) is 0.404. The summed E-state index contributed by atoms with van der Waals surface area (Å²) in [6, 6.07) is 12.0. The third-order valence-electron chi connectivity index (χ3n) is 6.13. The molecular formula is C24H23F4N7O3. The number of aliphatic carboxylic acids is 1. The summed E-state index contributed by atoms with van der Waals surface area (Å²) in [5, 5.41) is 20.0. The molecule has 3 aromatic heterocycles. The molecule has 0 spiro atoms. The Bertz CT molecular complexity index is 1470. The van der Waals surface area contributed by atoms with Crippen LogP contribution in [-0.2, 0) is 11.8 Å². The summed E-state index contributed by atoms with van der Waals surface area (Å²) >= 11 is 0. The van der Waals surface area contributed by atoms with Gasteiger partial charge in [-0.15, -0.1) is 5.10 Å². The number of fused-ring (bicyclic) bond motifs is 1. The molecule has 1 amide bonds. The van der Waals surface area contributed by atoms with E-state index in [1.165, 1.54) is 12.1 Å². The predicted molar refractivity (Wildman–Crippen MR) is 127 cm³/mol. The van der Waals surface area contributed by atoms with Gasteiger partial charge in [-0.3, -0.25) is 14.4 Å². The Hall–Kier alpha value is -4.33. The highest BCUT2D eigenvalue weighted by Gasteiger charge is 2.38. The number of likely N-dealkylation sites (N-methyl/N-ethyl adjacent to an activating group) is 1. The van der Waals surface area contributed by atoms with Gasteiger partial charge in [-0.2, -0.15) is 18.3 Å². The molecule has 0 bridgehead atoms. The number of hydrogen-bond acceptors (Lipinski definition) is 6. The van der Waals surface area contributed by atoms with Crippen molar-refractivity contribution >= 4 is 17.4 Å². The summed E-state index contributed by atoms with van der Waals surface area (Å²) in [6.45, 7) is 1.88. The van der Waals surface area contributed by atoms with Gasteiger partial charge in [0.05, 0.1) is 11.6 Å². The summed E-state index contributed by atoms with van der Waals surface area (Å²) in [7, 11) is 3.80. The number of hydrogen-bond donors (Lipinski definition) is 1.